The maximum Gasteiger partial charge on any atom is 0.315 e. The zero-order valence-corrected chi connectivity index (χ0v) is 15.9. The lowest BCUT2D eigenvalue weighted by Crippen LogP contribution is -2.36. The molecular weight excluding hydrogens is 352 g/mol. The van der Waals surface area contributed by atoms with E-state index in [1.165, 1.54) is 0 Å². The Morgan fingerprint density at radius 2 is 1.73 bits per heavy atom. The third-order valence-electron chi connectivity index (χ3n) is 3.70. The molecule has 0 heterocycles. The highest BCUT2D eigenvalue weighted by Gasteiger charge is 2.07. The van der Waals surface area contributed by atoms with Crippen LogP contribution in [0.2, 0.25) is 5.02 Å². The molecule has 140 valence electrons. The molecule has 0 saturated heterocycles. The highest BCUT2D eigenvalue weighted by molar-refractivity contribution is 6.31. The van der Waals surface area contributed by atoms with Crippen molar-refractivity contribution in [2.45, 2.75) is 26.8 Å². The first kappa shape index (κ1) is 19.9. The summed E-state index contributed by atoms with van der Waals surface area (Å²) in [4.78, 5) is 11.9. The van der Waals surface area contributed by atoms with Crippen LogP contribution in [0.1, 0.15) is 25.0 Å². The van der Waals surface area contributed by atoms with Crippen LogP contribution in [0.5, 0.6) is 11.5 Å². The molecule has 2 N–H and O–H groups in total. The number of carbonyl (C=O) groups excluding carboxylic acids is 1. The zero-order valence-electron chi connectivity index (χ0n) is 15.2. The fraction of sp³-hybridized carbons (Fsp3) is 0.350. The van der Waals surface area contributed by atoms with Crippen LogP contribution in [0.4, 0.5) is 4.79 Å². The van der Waals surface area contributed by atoms with Crippen LogP contribution >= 0.6 is 11.6 Å². The Hall–Kier alpha value is -2.40. The van der Waals surface area contributed by atoms with E-state index in [2.05, 4.69) is 10.6 Å². The van der Waals surface area contributed by atoms with Crippen molar-refractivity contribution in [1.29, 1.82) is 0 Å². The van der Waals surface area contributed by atoms with Gasteiger partial charge in [-0.05, 0) is 49.6 Å². The van der Waals surface area contributed by atoms with Crippen molar-refractivity contribution in [1.82, 2.24) is 10.6 Å². The van der Waals surface area contributed by atoms with Gasteiger partial charge in [-0.3, -0.25) is 0 Å². The number of hydrogen-bond donors (Lipinski definition) is 2. The molecular formula is C20H25ClN2O3. The fourth-order valence-electron chi connectivity index (χ4n) is 2.45. The van der Waals surface area contributed by atoms with Gasteiger partial charge in [-0.2, -0.15) is 0 Å². The van der Waals surface area contributed by atoms with E-state index < -0.39 is 0 Å². The minimum atomic E-state index is -0.221. The first-order chi connectivity index (χ1) is 12.6. The predicted molar refractivity (Wildman–Crippen MR) is 104 cm³/mol. The van der Waals surface area contributed by atoms with Crippen molar-refractivity contribution >= 4 is 17.6 Å². The van der Waals surface area contributed by atoms with Crippen LogP contribution < -0.4 is 20.1 Å². The van der Waals surface area contributed by atoms with E-state index in [0.717, 1.165) is 22.6 Å². The van der Waals surface area contributed by atoms with Gasteiger partial charge in [0.05, 0.1) is 13.2 Å². The van der Waals surface area contributed by atoms with Crippen molar-refractivity contribution < 1.29 is 14.3 Å². The molecule has 0 radical (unpaired) electrons. The molecule has 0 saturated carbocycles. The third kappa shape index (κ3) is 6.15. The SMILES string of the molecule is CCOc1ccc(CCNC(=O)NCc2ccccc2Cl)cc1OCC. The summed E-state index contributed by atoms with van der Waals surface area (Å²) in [5.74, 6) is 1.47. The summed E-state index contributed by atoms with van der Waals surface area (Å²) in [6, 6.07) is 13.1. The second-order valence-corrected chi connectivity index (χ2v) is 6.01. The predicted octanol–water partition coefficient (Wildman–Crippen LogP) is 4.18. The molecule has 2 rings (SSSR count). The number of rotatable bonds is 9. The Balaban J connectivity index is 1.80. The highest BCUT2D eigenvalue weighted by atomic mass is 35.5. The number of carbonyl (C=O) groups is 1. The molecule has 0 spiro atoms. The molecule has 0 aromatic heterocycles. The zero-order chi connectivity index (χ0) is 18.8. The number of urea groups is 1. The van der Waals surface area contributed by atoms with Crippen LogP contribution in [-0.2, 0) is 13.0 Å². The Labute approximate surface area is 159 Å². The molecule has 0 atom stereocenters. The van der Waals surface area contributed by atoms with Crippen molar-refractivity contribution in [3.63, 3.8) is 0 Å². The lowest BCUT2D eigenvalue weighted by Gasteiger charge is -2.13. The van der Waals surface area contributed by atoms with Gasteiger partial charge >= 0.3 is 6.03 Å². The maximum absolute atomic E-state index is 11.9. The van der Waals surface area contributed by atoms with Gasteiger partial charge in [0.25, 0.3) is 0 Å². The normalized spacial score (nSPS) is 10.3. The summed E-state index contributed by atoms with van der Waals surface area (Å²) < 4.78 is 11.2. The minimum Gasteiger partial charge on any atom is -0.490 e. The lowest BCUT2D eigenvalue weighted by atomic mass is 10.1. The number of amides is 2. The molecule has 0 aliphatic heterocycles. The molecule has 0 fully saturated rings. The summed E-state index contributed by atoms with van der Waals surface area (Å²) in [6.07, 6.45) is 0.700. The van der Waals surface area contributed by atoms with E-state index in [4.69, 9.17) is 21.1 Å². The number of benzene rings is 2. The van der Waals surface area contributed by atoms with Crippen LogP contribution in [0.25, 0.3) is 0 Å². The van der Waals surface area contributed by atoms with Crippen molar-refractivity contribution in [3.8, 4) is 11.5 Å². The Morgan fingerprint density at radius 1 is 1.00 bits per heavy atom. The van der Waals surface area contributed by atoms with Gasteiger partial charge in [0, 0.05) is 18.1 Å². The van der Waals surface area contributed by atoms with E-state index in [0.29, 0.717) is 37.7 Å². The second kappa shape index (κ2) is 10.6. The van der Waals surface area contributed by atoms with Crippen LogP contribution in [0, 0.1) is 0 Å². The van der Waals surface area contributed by atoms with E-state index >= 15 is 0 Å². The molecule has 2 aromatic carbocycles. The molecule has 5 nitrogen and oxygen atoms in total. The molecule has 0 aliphatic rings. The number of ether oxygens (including phenoxy) is 2. The second-order valence-electron chi connectivity index (χ2n) is 5.60. The fourth-order valence-corrected chi connectivity index (χ4v) is 2.65. The van der Waals surface area contributed by atoms with Gasteiger partial charge in [-0.15, -0.1) is 0 Å². The number of hydrogen-bond acceptors (Lipinski definition) is 3. The van der Waals surface area contributed by atoms with E-state index in [9.17, 15) is 4.79 Å². The molecule has 2 aromatic rings. The van der Waals surface area contributed by atoms with Crippen molar-refractivity contribution in [3.05, 3.63) is 58.6 Å². The molecule has 0 bridgehead atoms. The quantitative estimate of drug-likeness (QED) is 0.690. The Kier molecular flexibility index (Phi) is 8.09. The van der Waals surface area contributed by atoms with Gasteiger partial charge < -0.3 is 20.1 Å². The average Bonchev–Trinajstić information content (AvgIpc) is 2.63. The standard InChI is InChI=1S/C20H25ClN2O3/c1-3-25-18-10-9-15(13-19(18)26-4-2)11-12-22-20(24)23-14-16-7-5-6-8-17(16)21/h5-10,13H,3-4,11-12,14H2,1-2H3,(H2,22,23,24). The monoisotopic (exact) mass is 376 g/mol. The number of nitrogens with one attached hydrogen (secondary N) is 2. The molecule has 0 aliphatic carbocycles. The van der Waals surface area contributed by atoms with Gasteiger partial charge in [0.1, 0.15) is 0 Å². The lowest BCUT2D eigenvalue weighted by molar-refractivity contribution is 0.240. The van der Waals surface area contributed by atoms with Gasteiger partial charge in [0.2, 0.25) is 0 Å². The Bertz CT molecular complexity index is 722. The molecule has 0 unspecified atom stereocenters. The van der Waals surface area contributed by atoms with Crippen molar-refractivity contribution in [2.75, 3.05) is 19.8 Å². The average molecular weight is 377 g/mol. The van der Waals surface area contributed by atoms with E-state index in [1.807, 2.05) is 50.2 Å². The largest absolute Gasteiger partial charge is 0.490 e. The van der Waals surface area contributed by atoms with E-state index in [-0.39, 0.29) is 6.03 Å². The van der Waals surface area contributed by atoms with Gasteiger partial charge in [-0.1, -0.05) is 35.9 Å². The van der Waals surface area contributed by atoms with Gasteiger partial charge in [-0.25, -0.2) is 4.79 Å². The highest BCUT2D eigenvalue weighted by Crippen LogP contribution is 2.28. The van der Waals surface area contributed by atoms with E-state index in [1.54, 1.807) is 6.07 Å². The van der Waals surface area contributed by atoms with Crippen LogP contribution in [0.3, 0.4) is 0 Å². The first-order valence-electron chi connectivity index (χ1n) is 8.77. The number of halogens is 1. The molecule has 6 heteroatoms. The van der Waals surface area contributed by atoms with Crippen LogP contribution in [-0.4, -0.2) is 25.8 Å². The molecule has 2 amide bonds. The molecule has 26 heavy (non-hydrogen) atoms. The summed E-state index contributed by atoms with van der Waals surface area (Å²) in [6.45, 7) is 5.96. The summed E-state index contributed by atoms with van der Waals surface area (Å²) >= 11 is 6.07. The topological polar surface area (TPSA) is 59.6 Å². The first-order valence-corrected chi connectivity index (χ1v) is 9.15. The van der Waals surface area contributed by atoms with Crippen molar-refractivity contribution in [2.24, 2.45) is 0 Å². The van der Waals surface area contributed by atoms with Crippen LogP contribution in [0.15, 0.2) is 42.5 Å². The summed E-state index contributed by atoms with van der Waals surface area (Å²) in [7, 11) is 0. The van der Waals surface area contributed by atoms with Gasteiger partial charge in [0.15, 0.2) is 11.5 Å². The summed E-state index contributed by atoms with van der Waals surface area (Å²) in [5.41, 5.74) is 1.96. The third-order valence-corrected chi connectivity index (χ3v) is 4.07. The Morgan fingerprint density at radius 3 is 2.46 bits per heavy atom. The smallest absolute Gasteiger partial charge is 0.315 e. The minimum absolute atomic E-state index is 0.221. The maximum atomic E-state index is 11.9. The summed E-state index contributed by atoms with van der Waals surface area (Å²) in [5, 5.41) is 6.30.